The fraction of sp³-hybridized carbons (Fsp3) is 0.292. The van der Waals surface area contributed by atoms with Gasteiger partial charge in [0.15, 0.2) is 11.2 Å². The van der Waals surface area contributed by atoms with Gasteiger partial charge >= 0.3 is 5.69 Å². The summed E-state index contributed by atoms with van der Waals surface area (Å²) in [7, 11) is 1.64. The molecule has 2 aromatic carbocycles. The Labute approximate surface area is 185 Å². The molecule has 0 spiro atoms. The molecule has 8 nitrogen and oxygen atoms in total. The van der Waals surface area contributed by atoms with Gasteiger partial charge in [-0.25, -0.2) is 4.79 Å². The number of aryl methyl sites for hydroxylation is 1. The number of aromatic amines is 1. The van der Waals surface area contributed by atoms with E-state index in [2.05, 4.69) is 45.6 Å². The molecule has 4 aromatic rings. The van der Waals surface area contributed by atoms with E-state index in [1.165, 1.54) is 4.57 Å². The van der Waals surface area contributed by atoms with Crippen molar-refractivity contribution in [2.75, 3.05) is 37.6 Å². The maximum atomic E-state index is 12.9. The van der Waals surface area contributed by atoms with Crippen molar-refractivity contribution in [3.63, 3.8) is 0 Å². The normalized spacial score (nSPS) is 15.0. The molecule has 0 radical (unpaired) electrons. The molecule has 5 rings (SSSR count). The van der Waals surface area contributed by atoms with Crippen molar-refractivity contribution in [3.8, 4) is 0 Å². The Balaban J connectivity index is 1.65. The Hall–Kier alpha value is -3.65. The molecule has 1 fully saturated rings. The van der Waals surface area contributed by atoms with Crippen molar-refractivity contribution in [2.45, 2.75) is 6.54 Å². The molecule has 2 aromatic heterocycles. The van der Waals surface area contributed by atoms with Crippen LogP contribution in [0.2, 0.25) is 0 Å². The molecule has 0 unspecified atom stereocenters. The average molecular weight is 431 g/mol. The Morgan fingerprint density at radius 3 is 2.59 bits per heavy atom. The summed E-state index contributed by atoms with van der Waals surface area (Å²) in [4.78, 5) is 36.9. The average Bonchev–Trinajstić information content (AvgIpc) is 3.18. The number of H-pyrrole nitrogens is 1. The van der Waals surface area contributed by atoms with Gasteiger partial charge in [-0.2, -0.15) is 4.98 Å². The fourth-order valence-electron chi connectivity index (χ4n) is 4.53. The lowest BCUT2D eigenvalue weighted by Crippen LogP contribution is -2.47. The van der Waals surface area contributed by atoms with Crippen molar-refractivity contribution in [3.05, 3.63) is 81.5 Å². The van der Waals surface area contributed by atoms with Crippen LogP contribution >= 0.6 is 0 Å². The second kappa shape index (κ2) is 8.12. The van der Waals surface area contributed by atoms with E-state index < -0.39 is 11.2 Å². The quantitative estimate of drug-likeness (QED) is 0.490. The number of nitrogens with zero attached hydrogens (tertiary/aromatic N) is 5. The van der Waals surface area contributed by atoms with E-state index in [-0.39, 0.29) is 0 Å². The molecule has 0 saturated carbocycles. The molecule has 32 heavy (non-hydrogen) atoms. The zero-order valence-electron chi connectivity index (χ0n) is 18.1. The van der Waals surface area contributed by atoms with Crippen molar-refractivity contribution in [1.29, 1.82) is 0 Å². The third-order valence-corrected chi connectivity index (χ3v) is 6.24. The van der Waals surface area contributed by atoms with E-state index in [0.29, 0.717) is 17.7 Å². The number of imidazole rings is 1. The third-order valence-electron chi connectivity index (χ3n) is 6.24. The summed E-state index contributed by atoms with van der Waals surface area (Å²) in [6.07, 6.45) is 1.92. The van der Waals surface area contributed by atoms with E-state index in [0.717, 1.165) is 55.0 Å². The first-order valence-electron chi connectivity index (χ1n) is 10.8. The highest BCUT2D eigenvalue weighted by Gasteiger charge is 2.25. The van der Waals surface area contributed by atoms with Gasteiger partial charge in [-0.05, 0) is 16.3 Å². The van der Waals surface area contributed by atoms with E-state index >= 15 is 0 Å². The van der Waals surface area contributed by atoms with Crippen LogP contribution in [0.15, 0.2) is 64.7 Å². The SMILES string of the molecule is C=CCN1CCN(c2nc3c(c(=O)[nH]c(=O)n3C)n2Cc2cccc3ccccc23)CC1. The number of hydrogen-bond acceptors (Lipinski definition) is 5. The predicted molar refractivity (Wildman–Crippen MR) is 127 cm³/mol. The van der Waals surface area contributed by atoms with Gasteiger partial charge in [-0.1, -0.05) is 48.5 Å². The summed E-state index contributed by atoms with van der Waals surface area (Å²) in [6.45, 7) is 8.53. The number of fused-ring (bicyclic) bond motifs is 2. The van der Waals surface area contributed by atoms with Crippen LogP contribution in [0.4, 0.5) is 5.95 Å². The largest absolute Gasteiger partial charge is 0.340 e. The monoisotopic (exact) mass is 430 g/mol. The van der Waals surface area contributed by atoms with E-state index in [1.54, 1.807) is 7.05 Å². The maximum absolute atomic E-state index is 12.9. The van der Waals surface area contributed by atoms with Gasteiger partial charge in [0.25, 0.3) is 5.56 Å². The molecular weight excluding hydrogens is 404 g/mol. The third kappa shape index (κ3) is 3.42. The summed E-state index contributed by atoms with van der Waals surface area (Å²) in [5, 5.41) is 2.29. The molecule has 1 aliphatic heterocycles. The highest BCUT2D eigenvalue weighted by Crippen LogP contribution is 2.25. The number of benzene rings is 2. The molecule has 0 atom stereocenters. The zero-order chi connectivity index (χ0) is 22.2. The summed E-state index contributed by atoms with van der Waals surface area (Å²) < 4.78 is 3.37. The second-order valence-electron chi connectivity index (χ2n) is 8.20. The lowest BCUT2D eigenvalue weighted by atomic mass is 10.0. The molecule has 1 saturated heterocycles. The van der Waals surface area contributed by atoms with Crippen LogP contribution in [-0.4, -0.2) is 56.7 Å². The zero-order valence-corrected chi connectivity index (χ0v) is 18.1. The first-order valence-corrected chi connectivity index (χ1v) is 10.8. The highest BCUT2D eigenvalue weighted by molar-refractivity contribution is 5.86. The fourth-order valence-corrected chi connectivity index (χ4v) is 4.53. The highest BCUT2D eigenvalue weighted by atomic mass is 16.2. The molecule has 0 amide bonds. The standard InChI is InChI=1S/C24H26N6O2/c1-3-11-28-12-14-29(15-13-28)23-25-21-20(22(31)26-24(32)27(21)2)30(23)16-18-9-6-8-17-7-4-5-10-19(17)18/h3-10H,1,11-16H2,2H3,(H,26,31,32). The molecule has 1 N–H and O–H groups in total. The number of nitrogens with one attached hydrogen (secondary N) is 1. The lowest BCUT2D eigenvalue weighted by Gasteiger charge is -2.35. The van der Waals surface area contributed by atoms with Crippen LogP contribution in [0.5, 0.6) is 0 Å². The molecule has 164 valence electrons. The van der Waals surface area contributed by atoms with Gasteiger partial charge in [0.05, 0.1) is 6.54 Å². The Kier molecular flexibility index (Phi) is 5.14. The van der Waals surface area contributed by atoms with Crippen molar-refractivity contribution >= 4 is 27.9 Å². The minimum Gasteiger partial charge on any atom is -0.340 e. The minimum atomic E-state index is -0.459. The van der Waals surface area contributed by atoms with Crippen molar-refractivity contribution < 1.29 is 0 Å². The summed E-state index contributed by atoms with van der Waals surface area (Å²) in [5.74, 6) is 0.720. The van der Waals surface area contributed by atoms with Crippen molar-refractivity contribution in [2.24, 2.45) is 7.05 Å². The summed E-state index contributed by atoms with van der Waals surface area (Å²) in [5.41, 5.74) is 1.06. The maximum Gasteiger partial charge on any atom is 0.329 e. The van der Waals surface area contributed by atoms with Gasteiger partial charge < -0.3 is 4.90 Å². The van der Waals surface area contributed by atoms with Gasteiger partial charge in [-0.3, -0.25) is 23.8 Å². The second-order valence-corrected chi connectivity index (χ2v) is 8.20. The summed E-state index contributed by atoms with van der Waals surface area (Å²) in [6, 6.07) is 14.4. The number of anilines is 1. The Morgan fingerprint density at radius 2 is 1.81 bits per heavy atom. The van der Waals surface area contributed by atoms with E-state index in [4.69, 9.17) is 4.98 Å². The first-order chi connectivity index (χ1) is 15.6. The van der Waals surface area contributed by atoms with Crippen LogP contribution < -0.4 is 16.1 Å². The van der Waals surface area contributed by atoms with Crippen LogP contribution in [0.25, 0.3) is 21.9 Å². The topological polar surface area (TPSA) is 79.2 Å². The predicted octanol–water partition coefficient (Wildman–Crippen LogP) is 1.93. The Morgan fingerprint density at radius 1 is 1.06 bits per heavy atom. The Bertz CT molecular complexity index is 1420. The molecule has 1 aliphatic rings. The van der Waals surface area contributed by atoms with Gasteiger partial charge in [0.2, 0.25) is 5.95 Å². The van der Waals surface area contributed by atoms with Crippen LogP contribution in [0.1, 0.15) is 5.56 Å². The van der Waals surface area contributed by atoms with Crippen molar-refractivity contribution in [1.82, 2.24) is 24.0 Å². The van der Waals surface area contributed by atoms with E-state index in [9.17, 15) is 9.59 Å². The molecule has 0 bridgehead atoms. The molecular formula is C24H26N6O2. The van der Waals surface area contributed by atoms with Gasteiger partial charge in [-0.15, -0.1) is 6.58 Å². The lowest BCUT2D eigenvalue weighted by molar-refractivity contribution is 0.282. The first kappa shape index (κ1) is 20.3. The van der Waals surface area contributed by atoms with Crippen LogP contribution in [-0.2, 0) is 13.6 Å². The number of aromatic nitrogens is 4. The smallest absolute Gasteiger partial charge is 0.329 e. The van der Waals surface area contributed by atoms with Gasteiger partial charge in [0.1, 0.15) is 0 Å². The van der Waals surface area contributed by atoms with Gasteiger partial charge in [0, 0.05) is 39.8 Å². The summed E-state index contributed by atoms with van der Waals surface area (Å²) >= 11 is 0. The van der Waals surface area contributed by atoms with E-state index in [1.807, 2.05) is 28.8 Å². The molecule has 8 heteroatoms. The molecule has 0 aliphatic carbocycles. The number of piperazine rings is 1. The molecule has 3 heterocycles. The van der Waals surface area contributed by atoms with Crippen LogP contribution in [0.3, 0.4) is 0 Å². The minimum absolute atomic E-state index is 0.405. The number of rotatable bonds is 5. The number of hydrogen-bond donors (Lipinski definition) is 1. The van der Waals surface area contributed by atoms with Crippen LogP contribution in [0, 0.1) is 0 Å².